The van der Waals surface area contributed by atoms with Crippen molar-refractivity contribution in [3.8, 4) is 11.5 Å². The van der Waals surface area contributed by atoms with Gasteiger partial charge in [-0.3, -0.25) is 0 Å². The maximum absolute atomic E-state index is 13.4. The van der Waals surface area contributed by atoms with E-state index in [2.05, 4.69) is 33.9 Å². The van der Waals surface area contributed by atoms with Gasteiger partial charge < -0.3 is 23.7 Å². The number of ether oxygens (including phenoxy) is 3. The summed E-state index contributed by atoms with van der Waals surface area (Å²) in [5, 5.41) is 9.73. The van der Waals surface area contributed by atoms with Crippen molar-refractivity contribution in [2.24, 2.45) is 0 Å². The quantitative estimate of drug-likeness (QED) is 0.501. The summed E-state index contributed by atoms with van der Waals surface area (Å²) in [6.45, 7) is 13.0. The van der Waals surface area contributed by atoms with Crippen molar-refractivity contribution < 1.29 is 32.2 Å². The number of aliphatic hydroxyl groups is 1. The first-order chi connectivity index (χ1) is 14.3. The van der Waals surface area contributed by atoms with E-state index in [4.69, 9.17) is 18.6 Å². The molecule has 0 amide bonds. The van der Waals surface area contributed by atoms with Crippen LogP contribution < -0.4 is 9.47 Å². The van der Waals surface area contributed by atoms with E-state index < -0.39 is 24.4 Å². The molecular weight excluding hydrogens is 436 g/mol. The first-order valence-electron chi connectivity index (χ1n) is 10.9. The molecule has 0 radical (unpaired) electrons. The molecule has 1 N–H and O–H groups in total. The maximum atomic E-state index is 13.4. The Bertz CT molecular complexity index is 846. The van der Waals surface area contributed by atoms with Gasteiger partial charge >= 0.3 is 0 Å². The predicted octanol–water partition coefficient (Wildman–Crippen LogP) is 4.45. The Labute approximate surface area is 188 Å². The molecule has 0 aliphatic carbocycles. The van der Waals surface area contributed by atoms with Crippen molar-refractivity contribution >= 4 is 18.2 Å². The zero-order chi connectivity index (χ0) is 23.4. The van der Waals surface area contributed by atoms with Crippen molar-refractivity contribution in [2.75, 3.05) is 26.1 Å². The van der Waals surface area contributed by atoms with Crippen LogP contribution in [0.15, 0.2) is 17.0 Å². The monoisotopic (exact) mass is 474 g/mol. The Hall–Kier alpha value is -1.13. The van der Waals surface area contributed by atoms with E-state index in [0.29, 0.717) is 30.8 Å². The molecule has 2 atom stereocenters. The Kier molecular flexibility index (Phi) is 8.60. The van der Waals surface area contributed by atoms with Crippen LogP contribution in [-0.2, 0) is 19.0 Å². The molecule has 0 unspecified atom stereocenters. The summed E-state index contributed by atoms with van der Waals surface area (Å²) in [7, 11) is -4.29. The van der Waals surface area contributed by atoms with Gasteiger partial charge in [-0.25, -0.2) is 8.42 Å². The Morgan fingerprint density at radius 2 is 1.87 bits per heavy atom. The van der Waals surface area contributed by atoms with Crippen LogP contribution in [0.4, 0.5) is 0 Å². The van der Waals surface area contributed by atoms with E-state index in [9.17, 15) is 13.5 Å². The Morgan fingerprint density at radius 3 is 2.39 bits per heavy atom. The first-order valence-corrected chi connectivity index (χ1v) is 15.4. The van der Waals surface area contributed by atoms with Crippen LogP contribution in [0.25, 0.3) is 0 Å². The van der Waals surface area contributed by atoms with Crippen molar-refractivity contribution in [3.05, 3.63) is 17.7 Å². The largest absolute Gasteiger partial charge is 0.493 e. The highest BCUT2D eigenvalue weighted by Gasteiger charge is 2.37. The van der Waals surface area contributed by atoms with Gasteiger partial charge in [0.25, 0.3) is 0 Å². The van der Waals surface area contributed by atoms with E-state index in [0.717, 1.165) is 6.42 Å². The lowest BCUT2D eigenvalue weighted by Gasteiger charge is -2.36. The van der Waals surface area contributed by atoms with Gasteiger partial charge in [-0.05, 0) is 48.7 Å². The van der Waals surface area contributed by atoms with Gasteiger partial charge in [0, 0.05) is 13.0 Å². The maximum Gasteiger partial charge on any atom is 0.192 e. The summed E-state index contributed by atoms with van der Waals surface area (Å²) in [6, 6.07) is 3.33. The number of methoxy groups -OCH3 is 1. The topological polar surface area (TPSA) is 91.3 Å². The normalized spacial score (nSPS) is 20.1. The smallest absolute Gasteiger partial charge is 0.192 e. The van der Waals surface area contributed by atoms with Crippen LogP contribution in [0.2, 0.25) is 18.1 Å². The minimum absolute atomic E-state index is 0.00402. The SMILES string of the molecule is CCCOc1c(OC)cc([C@@H]2CC[C@@H](O)O2)cc1S(=O)(=O)CCO[Si](C)(C)C(C)(C)C. The van der Waals surface area contributed by atoms with E-state index >= 15 is 0 Å². The molecule has 1 aliphatic rings. The molecule has 9 heteroatoms. The minimum Gasteiger partial charge on any atom is -0.493 e. The molecule has 1 fully saturated rings. The van der Waals surface area contributed by atoms with Crippen LogP contribution in [-0.4, -0.2) is 54.2 Å². The summed E-state index contributed by atoms with van der Waals surface area (Å²) < 4.78 is 49.7. The highest BCUT2D eigenvalue weighted by molar-refractivity contribution is 7.91. The number of sulfone groups is 1. The fourth-order valence-electron chi connectivity index (χ4n) is 3.11. The van der Waals surface area contributed by atoms with E-state index in [1.165, 1.54) is 7.11 Å². The highest BCUT2D eigenvalue weighted by atomic mass is 32.2. The molecule has 1 aromatic rings. The summed E-state index contributed by atoms with van der Waals surface area (Å²) >= 11 is 0. The summed E-state index contributed by atoms with van der Waals surface area (Å²) in [4.78, 5) is 0.0825. The Balaban J connectivity index is 2.37. The van der Waals surface area contributed by atoms with Crippen molar-refractivity contribution in [3.63, 3.8) is 0 Å². The lowest BCUT2D eigenvalue weighted by atomic mass is 10.1. The van der Waals surface area contributed by atoms with Crippen LogP contribution in [0.1, 0.15) is 58.6 Å². The average Bonchev–Trinajstić information content (AvgIpc) is 3.10. The van der Waals surface area contributed by atoms with Gasteiger partial charge in [-0.2, -0.15) is 0 Å². The third kappa shape index (κ3) is 6.44. The summed E-state index contributed by atoms with van der Waals surface area (Å²) in [6.07, 6.45) is 0.611. The molecule has 1 saturated heterocycles. The third-order valence-electron chi connectivity index (χ3n) is 6.04. The lowest BCUT2D eigenvalue weighted by molar-refractivity contribution is -0.0914. The van der Waals surface area contributed by atoms with Crippen LogP contribution >= 0.6 is 0 Å². The fourth-order valence-corrected chi connectivity index (χ4v) is 5.58. The molecule has 2 rings (SSSR count). The Morgan fingerprint density at radius 1 is 1.19 bits per heavy atom. The molecule has 31 heavy (non-hydrogen) atoms. The first kappa shape index (κ1) is 26.1. The van der Waals surface area contributed by atoms with Crippen LogP contribution in [0.5, 0.6) is 11.5 Å². The summed E-state index contributed by atoms with van der Waals surface area (Å²) in [5.74, 6) is 0.418. The van der Waals surface area contributed by atoms with Crippen LogP contribution in [0.3, 0.4) is 0 Å². The van der Waals surface area contributed by atoms with Gasteiger partial charge in [0.05, 0.1) is 25.6 Å². The molecule has 0 spiro atoms. The number of aliphatic hydroxyl groups excluding tert-OH is 1. The molecule has 178 valence electrons. The standard InChI is InChI=1S/C22H38O7SSi/c1-8-11-27-21-18(26-5)14-16(17-9-10-20(23)29-17)15-19(21)30(24,25)13-12-28-31(6,7)22(2,3)4/h14-15,17,20,23H,8-13H2,1-7H3/t17-,20-/m0/s1. The van der Waals surface area contributed by atoms with E-state index in [1.54, 1.807) is 12.1 Å². The highest BCUT2D eigenvalue weighted by Crippen LogP contribution is 2.42. The zero-order valence-electron chi connectivity index (χ0n) is 19.9. The molecule has 0 aromatic heterocycles. The minimum atomic E-state index is -3.71. The third-order valence-corrected chi connectivity index (χ3v) is 12.3. The molecule has 0 bridgehead atoms. The van der Waals surface area contributed by atoms with E-state index in [-0.39, 0.29) is 34.1 Å². The molecule has 0 saturated carbocycles. The number of hydrogen-bond donors (Lipinski definition) is 1. The molecule has 7 nitrogen and oxygen atoms in total. The van der Waals surface area contributed by atoms with Crippen molar-refractivity contribution in [1.82, 2.24) is 0 Å². The van der Waals surface area contributed by atoms with Gasteiger partial charge in [-0.15, -0.1) is 0 Å². The predicted molar refractivity (Wildman–Crippen MR) is 123 cm³/mol. The average molecular weight is 475 g/mol. The number of rotatable bonds is 10. The van der Waals surface area contributed by atoms with Crippen molar-refractivity contribution in [1.29, 1.82) is 0 Å². The lowest BCUT2D eigenvalue weighted by Crippen LogP contribution is -2.41. The van der Waals surface area contributed by atoms with Gasteiger partial charge in [0.1, 0.15) is 4.90 Å². The van der Waals surface area contributed by atoms with Gasteiger partial charge in [-0.1, -0.05) is 27.7 Å². The second-order valence-electron chi connectivity index (χ2n) is 9.48. The second kappa shape index (κ2) is 10.2. The molecule has 1 aromatic carbocycles. The fraction of sp³-hybridized carbons (Fsp3) is 0.727. The van der Waals surface area contributed by atoms with Crippen LogP contribution in [0, 0.1) is 0 Å². The van der Waals surface area contributed by atoms with Crippen molar-refractivity contribution in [2.45, 2.75) is 82.4 Å². The van der Waals surface area contributed by atoms with E-state index in [1.807, 2.05) is 6.92 Å². The molecule has 1 aliphatic heterocycles. The zero-order valence-corrected chi connectivity index (χ0v) is 21.7. The van der Waals surface area contributed by atoms with Gasteiger partial charge in [0.2, 0.25) is 0 Å². The molecular formula is C22H38O7SSi. The summed E-state index contributed by atoms with van der Waals surface area (Å²) in [5.41, 5.74) is 0.654. The molecule has 1 heterocycles. The second-order valence-corrected chi connectivity index (χ2v) is 16.4. The number of hydrogen-bond acceptors (Lipinski definition) is 7. The van der Waals surface area contributed by atoms with Gasteiger partial charge in [0.15, 0.2) is 35.9 Å². The number of benzene rings is 1.